The Bertz CT molecular complexity index is 398. The van der Waals surface area contributed by atoms with Gasteiger partial charge in [0.1, 0.15) is 17.3 Å². The summed E-state index contributed by atoms with van der Waals surface area (Å²) in [7, 11) is 0. The van der Waals surface area contributed by atoms with Crippen LogP contribution in [-0.2, 0) is 0 Å². The lowest BCUT2D eigenvalue weighted by Gasteiger charge is -1.95. The van der Waals surface area contributed by atoms with Gasteiger partial charge in [0.05, 0.1) is 5.39 Å². The van der Waals surface area contributed by atoms with Gasteiger partial charge < -0.3 is 10.7 Å². The van der Waals surface area contributed by atoms with E-state index in [-0.39, 0.29) is 24.8 Å². The Kier molecular flexibility index (Phi) is 3.97. The number of nitrogen functional groups attached to an aromatic ring is 1. The van der Waals surface area contributed by atoms with Crippen LogP contribution in [0.3, 0.4) is 0 Å². The highest BCUT2D eigenvalue weighted by Gasteiger charge is 2.01. The second-order valence-electron chi connectivity index (χ2n) is 2.40. The van der Waals surface area contributed by atoms with Crippen LogP contribution in [0.25, 0.3) is 11.0 Å². The average molecular weight is 221 g/mol. The van der Waals surface area contributed by atoms with E-state index in [0.29, 0.717) is 11.6 Å². The maximum Gasteiger partial charge on any atom is 0.143 e. The molecular formula is C7H10Cl2N4. The van der Waals surface area contributed by atoms with E-state index in [1.54, 1.807) is 6.20 Å². The van der Waals surface area contributed by atoms with E-state index in [9.17, 15) is 0 Å². The second kappa shape index (κ2) is 4.30. The van der Waals surface area contributed by atoms with Gasteiger partial charge in [-0.3, -0.25) is 0 Å². The maximum absolute atomic E-state index is 5.63. The predicted molar refractivity (Wildman–Crippen MR) is 57.5 cm³/mol. The van der Waals surface area contributed by atoms with Crippen molar-refractivity contribution < 1.29 is 0 Å². The quantitative estimate of drug-likeness (QED) is 0.711. The molecule has 0 aliphatic heterocycles. The molecule has 0 amide bonds. The molecule has 0 atom stereocenters. The Labute approximate surface area is 87.8 Å². The summed E-state index contributed by atoms with van der Waals surface area (Å²) in [4.78, 5) is 11.1. The summed E-state index contributed by atoms with van der Waals surface area (Å²) in [6.45, 7) is 1.82. The number of hydrogen-bond donors (Lipinski definition) is 2. The second-order valence-corrected chi connectivity index (χ2v) is 2.40. The SMILES string of the molecule is Cc1nc(N)c2cc[nH]c2n1.Cl.Cl. The summed E-state index contributed by atoms with van der Waals surface area (Å²) in [6.07, 6.45) is 1.80. The minimum atomic E-state index is 0. The number of H-pyrrole nitrogens is 1. The molecule has 0 unspecified atom stereocenters. The van der Waals surface area contributed by atoms with Crippen LogP contribution in [-0.4, -0.2) is 15.0 Å². The minimum Gasteiger partial charge on any atom is -0.383 e. The molecule has 0 saturated carbocycles. The standard InChI is InChI=1S/C7H8N4.2ClH/c1-4-10-6(8)5-2-3-9-7(5)11-4;;/h2-3H,1H3,(H3,8,9,10,11);2*1H. The van der Waals surface area contributed by atoms with Crippen LogP contribution in [0.1, 0.15) is 5.82 Å². The molecule has 0 aromatic carbocycles. The molecule has 0 radical (unpaired) electrons. The molecule has 6 heteroatoms. The molecule has 2 aromatic heterocycles. The van der Waals surface area contributed by atoms with Crippen molar-refractivity contribution >= 4 is 41.7 Å². The van der Waals surface area contributed by atoms with E-state index in [0.717, 1.165) is 11.0 Å². The number of aryl methyl sites for hydroxylation is 1. The van der Waals surface area contributed by atoms with Gasteiger partial charge in [0.2, 0.25) is 0 Å². The van der Waals surface area contributed by atoms with Gasteiger partial charge in [0.25, 0.3) is 0 Å². The number of nitrogens with two attached hydrogens (primary N) is 1. The number of rotatable bonds is 0. The molecule has 0 bridgehead atoms. The van der Waals surface area contributed by atoms with E-state index in [1.807, 2.05) is 13.0 Å². The molecule has 0 aliphatic rings. The maximum atomic E-state index is 5.63. The zero-order valence-electron chi connectivity index (χ0n) is 6.94. The minimum absolute atomic E-state index is 0. The van der Waals surface area contributed by atoms with Crippen molar-refractivity contribution in [2.24, 2.45) is 0 Å². The summed E-state index contributed by atoms with van der Waals surface area (Å²) >= 11 is 0. The van der Waals surface area contributed by atoms with Crippen molar-refractivity contribution in [3.05, 3.63) is 18.1 Å². The number of fused-ring (bicyclic) bond motifs is 1. The van der Waals surface area contributed by atoms with Crippen LogP contribution in [0.5, 0.6) is 0 Å². The largest absolute Gasteiger partial charge is 0.383 e. The van der Waals surface area contributed by atoms with E-state index in [2.05, 4.69) is 15.0 Å². The number of aromatic amines is 1. The molecule has 72 valence electrons. The van der Waals surface area contributed by atoms with Gasteiger partial charge in [-0.2, -0.15) is 0 Å². The fourth-order valence-corrected chi connectivity index (χ4v) is 1.08. The number of nitrogens with zero attached hydrogens (tertiary/aromatic N) is 2. The summed E-state index contributed by atoms with van der Waals surface area (Å²) in [5, 5.41) is 0.885. The van der Waals surface area contributed by atoms with Crippen LogP contribution in [0.4, 0.5) is 5.82 Å². The first-order valence-corrected chi connectivity index (χ1v) is 3.34. The van der Waals surface area contributed by atoms with Gasteiger partial charge in [-0.25, -0.2) is 9.97 Å². The van der Waals surface area contributed by atoms with E-state index in [4.69, 9.17) is 5.73 Å². The van der Waals surface area contributed by atoms with E-state index >= 15 is 0 Å². The van der Waals surface area contributed by atoms with Gasteiger partial charge in [-0.15, -0.1) is 24.8 Å². The number of hydrogen-bond acceptors (Lipinski definition) is 3. The van der Waals surface area contributed by atoms with Gasteiger partial charge in [0.15, 0.2) is 0 Å². The first kappa shape index (κ1) is 12.0. The number of anilines is 1. The number of halogens is 2. The first-order chi connectivity index (χ1) is 5.27. The molecule has 4 nitrogen and oxygen atoms in total. The molecule has 2 aromatic rings. The smallest absolute Gasteiger partial charge is 0.143 e. The monoisotopic (exact) mass is 220 g/mol. The van der Waals surface area contributed by atoms with Crippen LogP contribution in [0.15, 0.2) is 12.3 Å². The third kappa shape index (κ3) is 2.02. The fourth-order valence-electron chi connectivity index (χ4n) is 1.08. The summed E-state index contributed by atoms with van der Waals surface area (Å²) in [5.41, 5.74) is 6.43. The third-order valence-corrected chi connectivity index (χ3v) is 1.56. The van der Waals surface area contributed by atoms with Crippen molar-refractivity contribution in [3.8, 4) is 0 Å². The molecule has 0 spiro atoms. The Morgan fingerprint density at radius 1 is 1.31 bits per heavy atom. The lowest BCUT2D eigenvalue weighted by atomic mass is 10.4. The molecule has 0 aliphatic carbocycles. The average Bonchev–Trinajstić information content (AvgIpc) is 2.34. The van der Waals surface area contributed by atoms with Gasteiger partial charge in [-0.05, 0) is 13.0 Å². The van der Waals surface area contributed by atoms with E-state index in [1.165, 1.54) is 0 Å². The summed E-state index contributed by atoms with van der Waals surface area (Å²) < 4.78 is 0. The topological polar surface area (TPSA) is 67.6 Å². The highest BCUT2D eigenvalue weighted by molar-refractivity contribution is 5.86. The Morgan fingerprint density at radius 3 is 2.69 bits per heavy atom. The van der Waals surface area contributed by atoms with Crippen LogP contribution in [0, 0.1) is 6.92 Å². The third-order valence-electron chi connectivity index (χ3n) is 1.56. The fraction of sp³-hybridized carbons (Fsp3) is 0.143. The highest BCUT2D eigenvalue weighted by Crippen LogP contribution is 2.14. The number of aromatic nitrogens is 3. The molecular weight excluding hydrogens is 211 g/mol. The molecule has 0 fully saturated rings. The van der Waals surface area contributed by atoms with Crippen LogP contribution in [0.2, 0.25) is 0 Å². The lowest BCUT2D eigenvalue weighted by molar-refractivity contribution is 1.09. The van der Waals surface area contributed by atoms with Crippen molar-refractivity contribution in [1.82, 2.24) is 15.0 Å². The van der Waals surface area contributed by atoms with Crippen molar-refractivity contribution in [1.29, 1.82) is 0 Å². The van der Waals surface area contributed by atoms with Crippen molar-refractivity contribution in [2.75, 3.05) is 5.73 Å². The Morgan fingerprint density at radius 2 is 2.00 bits per heavy atom. The first-order valence-electron chi connectivity index (χ1n) is 3.34. The van der Waals surface area contributed by atoms with Gasteiger partial charge in [0, 0.05) is 6.20 Å². The van der Waals surface area contributed by atoms with Crippen molar-refractivity contribution in [2.45, 2.75) is 6.92 Å². The van der Waals surface area contributed by atoms with Gasteiger partial charge in [-0.1, -0.05) is 0 Å². The van der Waals surface area contributed by atoms with Crippen molar-refractivity contribution in [3.63, 3.8) is 0 Å². The molecule has 0 saturated heterocycles. The van der Waals surface area contributed by atoms with Crippen LogP contribution < -0.4 is 5.73 Å². The molecule has 2 rings (SSSR count). The number of nitrogens with one attached hydrogen (secondary N) is 1. The van der Waals surface area contributed by atoms with Gasteiger partial charge >= 0.3 is 0 Å². The normalized spacial score (nSPS) is 9.00. The summed E-state index contributed by atoms with van der Waals surface area (Å²) in [6, 6.07) is 1.87. The summed E-state index contributed by atoms with van der Waals surface area (Å²) in [5.74, 6) is 1.23. The van der Waals surface area contributed by atoms with Crippen LogP contribution >= 0.6 is 24.8 Å². The molecule has 3 N–H and O–H groups in total. The predicted octanol–water partition coefficient (Wildman–Crippen LogP) is 1.69. The molecule has 13 heavy (non-hydrogen) atoms. The zero-order chi connectivity index (χ0) is 7.84. The Balaban J connectivity index is 0.000000720. The lowest BCUT2D eigenvalue weighted by Crippen LogP contribution is -1.95. The highest BCUT2D eigenvalue weighted by atomic mass is 35.5. The molecule has 2 heterocycles. The zero-order valence-corrected chi connectivity index (χ0v) is 8.58. The Hall–Kier alpha value is -1.000. The van der Waals surface area contributed by atoms with E-state index < -0.39 is 0 Å².